The third-order valence-corrected chi connectivity index (χ3v) is 4.25. The van der Waals surface area contributed by atoms with Crippen molar-refractivity contribution in [1.29, 1.82) is 0 Å². The van der Waals surface area contributed by atoms with Gasteiger partial charge in [-0.25, -0.2) is 22.0 Å². The van der Waals surface area contributed by atoms with Crippen LogP contribution in [0.5, 0.6) is 0 Å². The number of halogens is 7. The van der Waals surface area contributed by atoms with Crippen LogP contribution in [-0.4, -0.2) is 37.3 Å². The maximum atomic E-state index is 13.9. The molecule has 3 N–H and O–H groups in total. The Hall–Kier alpha value is -2.09. The molecule has 0 radical (unpaired) electrons. The van der Waals surface area contributed by atoms with Gasteiger partial charge in [-0.3, -0.25) is 0 Å². The van der Waals surface area contributed by atoms with Gasteiger partial charge in [0.25, 0.3) is 15.7 Å². The summed E-state index contributed by atoms with van der Waals surface area (Å²) in [6.07, 6.45) is -6.18. The summed E-state index contributed by atoms with van der Waals surface area (Å²) < 4.78 is 115. The Labute approximate surface area is 136 Å². The number of nitrogens with zero attached hydrogens (tertiary/aromatic N) is 1. The molecule has 0 aliphatic rings. The Morgan fingerprint density at radius 3 is 1.88 bits per heavy atom. The number of sulfonamides is 1. The minimum absolute atomic E-state index is 0.563. The molecule has 2 amide bonds. The smallest absolute Gasteiger partial charge is 0.350 e. The maximum absolute atomic E-state index is 13.9. The summed E-state index contributed by atoms with van der Waals surface area (Å²) in [4.78, 5) is 10.9. The molecular weight excluding hydrogens is 387 g/mol. The fourth-order valence-corrected chi connectivity index (χ4v) is 2.45. The third-order valence-electron chi connectivity index (χ3n) is 2.93. The SMILES string of the molecule is CC(F)(C(F)(F)F)C(F)(F)N(NS(=O)(=O)c1ccc(F)cc1)C(N)=O. The fourth-order valence-electron chi connectivity index (χ4n) is 1.41. The quantitative estimate of drug-likeness (QED) is 0.454. The van der Waals surface area contributed by atoms with Crippen molar-refractivity contribution in [2.24, 2.45) is 5.73 Å². The van der Waals surface area contributed by atoms with Crippen molar-refractivity contribution in [2.75, 3.05) is 0 Å². The van der Waals surface area contributed by atoms with Crippen LogP contribution in [-0.2, 0) is 10.0 Å². The van der Waals surface area contributed by atoms with Gasteiger partial charge in [0.15, 0.2) is 0 Å². The normalized spacial score (nSPS) is 15.5. The molecule has 0 fully saturated rings. The molecule has 25 heavy (non-hydrogen) atoms. The van der Waals surface area contributed by atoms with Crippen molar-refractivity contribution in [3.05, 3.63) is 30.1 Å². The molecule has 1 rings (SSSR count). The van der Waals surface area contributed by atoms with Gasteiger partial charge in [0, 0.05) is 0 Å². The summed E-state index contributed by atoms with van der Waals surface area (Å²) in [5, 5.41) is -1.50. The van der Waals surface area contributed by atoms with Crippen LogP contribution < -0.4 is 10.6 Å². The van der Waals surface area contributed by atoms with Gasteiger partial charge in [-0.1, -0.05) is 0 Å². The molecule has 14 heteroatoms. The second-order valence-corrected chi connectivity index (χ2v) is 6.43. The molecule has 6 nitrogen and oxygen atoms in total. The van der Waals surface area contributed by atoms with Crippen LogP contribution in [0.25, 0.3) is 0 Å². The predicted octanol–water partition coefficient (Wildman–Crippen LogP) is 2.28. The van der Waals surface area contributed by atoms with E-state index in [1.165, 1.54) is 0 Å². The lowest BCUT2D eigenvalue weighted by Gasteiger charge is -2.37. The standard InChI is InChI=1S/C11H10F7N3O3S/c1-9(13,10(14,15)16)11(17,18)21(8(19)22)20-25(23,24)7-4-2-6(12)3-5-7/h2-5,20H,1H3,(H2,19,22). The minimum atomic E-state index is -6.18. The molecular formula is C11H10F7N3O3S. The lowest BCUT2D eigenvalue weighted by Crippen LogP contribution is -2.68. The Kier molecular flexibility index (Phi) is 5.30. The van der Waals surface area contributed by atoms with Crippen LogP contribution in [0.15, 0.2) is 29.2 Å². The molecule has 0 spiro atoms. The average Bonchev–Trinajstić information content (AvgIpc) is 2.43. The number of urea groups is 1. The molecule has 0 aromatic heterocycles. The van der Waals surface area contributed by atoms with E-state index in [1.54, 1.807) is 0 Å². The van der Waals surface area contributed by atoms with E-state index in [2.05, 4.69) is 5.73 Å². The summed E-state index contributed by atoms with van der Waals surface area (Å²) >= 11 is 0. The molecule has 0 aliphatic carbocycles. The molecule has 0 aliphatic heterocycles. The highest BCUT2D eigenvalue weighted by Crippen LogP contribution is 2.46. The van der Waals surface area contributed by atoms with Crippen molar-refractivity contribution in [3.8, 4) is 0 Å². The first-order valence-corrected chi connectivity index (χ1v) is 7.53. The second kappa shape index (κ2) is 6.33. The van der Waals surface area contributed by atoms with Crippen LogP contribution in [0, 0.1) is 5.82 Å². The van der Waals surface area contributed by atoms with Gasteiger partial charge in [0.05, 0.1) is 4.90 Å². The fraction of sp³-hybridized carbons (Fsp3) is 0.364. The first-order chi connectivity index (χ1) is 11.0. The molecule has 0 saturated heterocycles. The lowest BCUT2D eigenvalue weighted by molar-refractivity contribution is -0.329. The summed E-state index contributed by atoms with van der Waals surface area (Å²) in [5.41, 5.74) is -0.889. The van der Waals surface area contributed by atoms with E-state index in [0.717, 1.165) is 4.83 Å². The van der Waals surface area contributed by atoms with Gasteiger partial charge in [0.2, 0.25) is 0 Å². The Morgan fingerprint density at radius 1 is 1.08 bits per heavy atom. The summed E-state index contributed by atoms with van der Waals surface area (Å²) in [6, 6.07) is -5.85. The van der Waals surface area contributed by atoms with Gasteiger partial charge in [0.1, 0.15) is 5.82 Å². The first kappa shape index (κ1) is 21.0. The number of rotatable bonds is 5. The number of benzene rings is 1. The molecule has 0 saturated carbocycles. The minimum Gasteiger partial charge on any atom is -0.350 e. The number of amides is 2. The van der Waals surface area contributed by atoms with Crippen LogP contribution >= 0.6 is 0 Å². The summed E-state index contributed by atoms with van der Waals surface area (Å²) in [6.45, 7) is -0.602. The molecule has 1 atom stereocenters. The molecule has 1 unspecified atom stereocenters. The van der Waals surface area contributed by atoms with Gasteiger partial charge >= 0.3 is 18.3 Å². The zero-order valence-corrected chi connectivity index (χ0v) is 12.9. The van der Waals surface area contributed by atoms with E-state index >= 15 is 0 Å². The van der Waals surface area contributed by atoms with Crippen LogP contribution in [0.2, 0.25) is 0 Å². The molecule has 142 valence electrons. The maximum Gasteiger partial charge on any atom is 0.430 e. The van der Waals surface area contributed by atoms with Gasteiger partial charge < -0.3 is 5.73 Å². The third kappa shape index (κ3) is 3.95. The molecule has 0 bridgehead atoms. The number of nitrogens with one attached hydrogen (secondary N) is 1. The number of hydrazine groups is 1. The van der Waals surface area contributed by atoms with E-state index in [-0.39, 0.29) is 0 Å². The van der Waals surface area contributed by atoms with Gasteiger partial charge in [-0.15, -0.1) is 4.83 Å². The van der Waals surface area contributed by atoms with E-state index in [4.69, 9.17) is 0 Å². The highest BCUT2D eigenvalue weighted by atomic mass is 32.2. The zero-order valence-electron chi connectivity index (χ0n) is 12.1. The van der Waals surface area contributed by atoms with Crippen LogP contribution in [0.3, 0.4) is 0 Å². The topological polar surface area (TPSA) is 92.5 Å². The predicted molar refractivity (Wildman–Crippen MR) is 68.7 cm³/mol. The van der Waals surface area contributed by atoms with Crippen LogP contribution in [0.4, 0.5) is 35.5 Å². The van der Waals surface area contributed by atoms with E-state index < -0.39 is 56.6 Å². The lowest BCUT2D eigenvalue weighted by atomic mass is 10.1. The highest BCUT2D eigenvalue weighted by molar-refractivity contribution is 7.89. The molecule has 1 aromatic carbocycles. The average molecular weight is 397 g/mol. The highest BCUT2D eigenvalue weighted by Gasteiger charge is 2.72. The monoisotopic (exact) mass is 397 g/mol. The number of carbonyl (C=O) groups is 1. The number of primary amides is 1. The van der Waals surface area contributed by atoms with E-state index in [0.29, 0.717) is 24.3 Å². The van der Waals surface area contributed by atoms with Crippen molar-refractivity contribution < 1.29 is 43.9 Å². The van der Waals surface area contributed by atoms with Gasteiger partial charge in [-0.05, 0) is 31.2 Å². The number of carbonyl (C=O) groups excluding carboxylic acids is 1. The largest absolute Gasteiger partial charge is 0.430 e. The zero-order chi connectivity index (χ0) is 19.8. The number of hydrogen-bond donors (Lipinski definition) is 2. The van der Waals surface area contributed by atoms with E-state index in [1.807, 2.05) is 0 Å². The number of hydrogen-bond acceptors (Lipinski definition) is 3. The van der Waals surface area contributed by atoms with Crippen molar-refractivity contribution >= 4 is 16.1 Å². The Bertz CT molecular complexity index is 747. The number of alkyl halides is 6. The second-order valence-electron chi connectivity index (χ2n) is 4.76. The number of nitrogens with two attached hydrogens (primary N) is 1. The molecule has 0 heterocycles. The Morgan fingerprint density at radius 2 is 1.52 bits per heavy atom. The molecule has 1 aromatic rings. The van der Waals surface area contributed by atoms with Gasteiger partial charge in [-0.2, -0.15) is 27.0 Å². The summed E-state index contributed by atoms with van der Waals surface area (Å²) in [7, 11) is -5.12. The van der Waals surface area contributed by atoms with Crippen molar-refractivity contribution in [1.82, 2.24) is 9.84 Å². The first-order valence-electron chi connectivity index (χ1n) is 6.05. The Balaban J connectivity index is 3.33. The van der Waals surface area contributed by atoms with Crippen molar-refractivity contribution in [3.63, 3.8) is 0 Å². The van der Waals surface area contributed by atoms with Crippen LogP contribution in [0.1, 0.15) is 6.92 Å². The van der Waals surface area contributed by atoms with Crippen molar-refractivity contribution in [2.45, 2.75) is 29.7 Å². The summed E-state index contributed by atoms with van der Waals surface area (Å²) in [5.74, 6) is -0.913. The van der Waals surface area contributed by atoms with E-state index in [9.17, 15) is 43.9 Å².